The summed E-state index contributed by atoms with van der Waals surface area (Å²) in [6.07, 6.45) is 2.43. The number of rotatable bonds is 5. The zero-order valence-electron chi connectivity index (χ0n) is 14.8. The van der Waals surface area contributed by atoms with E-state index >= 15 is 0 Å². The summed E-state index contributed by atoms with van der Waals surface area (Å²) in [7, 11) is 0. The molecule has 0 heterocycles. The molecule has 0 bridgehead atoms. The second-order valence-corrected chi connectivity index (χ2v) is 8.14. The van der Waals surface area contributed by atoms with E-state index < -0.39 is 0 Å². The minimum atomic E-state index is 0.318. The van der Waals surface area contributed by atoms with Gasteiger partial charge in [0.15, 0.2) is 0 Å². The third-order valence-corrected chi connectivity index (χ3v) is 5.29. The highest BCUT2D eigenvalue weighted by atomic mass is 35.5. The Kier molecular flexibility index (Phi) is 5.13. The molecule has 0 spiro atoms. The van der Waals surface area contributed by atoms with Gasteiger partial charge in [0, 0.05) is 27.5 Å². The van der Waals surface area contributed by atoms with Crippen molar-refractivity contribution >= 4 is 34.6 Å². The standard InChI is InChI=1S/C21H25Cl2N/c1-13(2)15-5-7-16(8-6-15)24(17-9-10-17)18-11-19(22)21(14(3)4)20(23)12-18/h5-8,11-14,17H,9-10H2,1-4H3. The summed E-state index contributed by atoms with van der Waals surface area (Å²) in [6, 6.07) is 13.6. The van der Waals surface area contributed by atoms with Gasteiger partial charge < -0.3 is 4.90 Å². The minimum Gasteiger partial charge on any atom is -0.338 e. The Balaban J connectivity index is 2.00. The van der Waals surface area contributed by atoms with Gasteiger partial charge in [-0.15, -0.1) is 0 Å². The van der Waals surface area contributed by atoms with Gasteiger partial charge in [0.1, 0.15) is 0 Å². The molecule has 1 fully saturated rings. The molecule has 1 nitrogen and oxygen atoms in total. The number of hydrogen-bond donors (Lipinski definition) is 0. The van der Waals surface area contributed by atoms with Gasteiger partial charge in [-0.1, -0.05) is 63.0 Å². The molecule has 0 unspecified atom stereocenters. The van der Waals surface area contributed by atoms with Crippen LogP contribution in [0.3, 0.4) is 0 Å². The first kappa shape index (κ1) is 17.6. The molecule has 2 aromatic carbocycles. The van der Waals surface area contributed by atoms with E-state index in [0.717, 1.165) is 21.3 Å². The number of halogens is 2. The fourth-order valence-corrected chi connectivity index (χ4v) is 4.10. The molecule has 1 aliphatic carbocycles. The van der Waals surface area contributed by atoms with Gasteiger partial charge in [0.2, 0.25) is 0 Å². The Labute approximate surface area is 155 Å². The molecule has 1 saturated carbocycles. The summed E-state index contributed by atoms with van der Waals surface area (Å²) >= 11 is 13.1. The van der Waals surface area contributed by atoms with Crippen LogP contribution in [0.2, 0.25) is 10.0 Å². The monoisotopic (exact) mass is 361 g/mol. The largest absolute Gasteiger partial charge is 0.338 e. The molecule has 0 N–H and O–H groups in total. The van der Waals surface area contributed by atoms with Crippen LogP contribution in [0.15, 0.2) is 36.4 Å². The van der Waals surface area contributed by atoms with Crippen LogP contribution in [0.4, 0.5) is 11.4 Å². The number of anilines is 2. The number of hydrogen-bond acceptors (Lipinski definition) is 1. The first-order valence-corrected chi connectivity index (χ1v) is 9.52. The van der Waals surface area contributed by atoms with Crippen molar-refractivity contribution in [3.05, 3.63) is 57.6 Å². The first-order chi connectivity index (χ1) is 11.4. The maximum Gasteiger partial charge on any atom is 0.0476 e. The second kappa shape index (κ2) is 6.98. The summed E-state index contributed by atoms with van der Waals surface area (Å²) in [4.78, 5) is 2.38. The van der Waals surface area contributed by atoms with Crippen molar-refractivity contribution in [1.82, 2.24) is 0 Å². The summed E-state index contributed by atoms with van der Waals surface area (Å²) in [5, 5.41) is 1.52. The lowest BCUT2D eigenvalue weighted by molar-refractivity contribution is 0.863. The maximum atomic E-state index is 6.54. The van der Waals surface area contributed by atoms with Gasteiger partial charge in [-0.05, 0) is 60.1 Å². The molecule has 3 heteroatoms. The molecule has 2 aromatic rings. The molecule has 24 heavy (non-hydrogen) atoms. The first-order valence-electron chi connectivity index (χ1n) is 8.76. The third-order valence-electron chi connectivity index (χ3n) is 4.67. The smallest absolute Gasteiger partial charge is 0.0476 e. The molecular formula is C21H25Cl2N. The number of nitrogens with zero attached hydrogens (tertiary/aromatic N) is 1. The van der Waals surface area contributed by atoms with Crippen LogP contribution in [-0.2, 0) is 0 Å². The average Bonchev–Trinajstić information content (AvgIpc) is 3.31. The van der Waals surface area contributed by atoms with E-state index in [2.05, 4.69) is 69.0 Å². The van der Waals surface area contributed by atoms with Crippen molar-refractivity contribution in [2.45, 2.75) is 58.4 Å². The quantitative estimate of drug-likeness (QED) is 0.531. The maximum absolute atomic E-state index is 6.54. The lowest BCUT2D eigenvalue weighted by Crippen LogP contribution is -2.19. The van der Waals surface area contributed by atoms with Crippen LogP contribution in [0, 0.1) is 0 Å². The summed E-state index contributed by atoms with van der Waals surface area (Å²) in [5.74, 6) is 0.862. The molecule has 0 saturated heterocycles. The van der Waals surface area contributed by atoms with E-state index in [1.165, 1.54) is 24.1 Å². The van der Waals surface area contributed by atoms with E-state index in [1.54, 1.807) is 0 Å². The Hall–Kier alpha value is -1.18. The van der Waals surface area contributed by atoms with Gasteiger partial charge in [0.25, 0.3) is 0 Å². The minimum absolute atomic E-state index is 0.318. The second-order valence-electron chi connectivity index (χ2n) is 7.33. The predicted molar refractivity (Wildman–Crippen MR) is 106 cm³/mol. The fraction of sp³-hybridized carbons (Fsp3) is 0.429. The van der Waals surface area contributed by atoms with Crippen LogP contribution in [-0.4, -0.2) is 6.04 Å². The topological polar surface area (TPSA) is 3.24 Å². The van der Waals surface area contributed by atoms with Crippen LogP contribution >= 0.6 is 23.2 Å². The Morgan fingerprint density at radius 1 is 0.833 bits per heavy atom. The van der Waals surface area contributed by atoms with Crippen molar-refractivity contribution in [2.24, 2.45) is 0 Å². The normalized spacial score (nSPS) is 14.5. The summed E-state index contributed by atoms with van der Waals surface area (Å²) in [6.45, 7) is 8.68. The Morgan fingerprint density at radius 3 is 1.79 bits per heavy atom. The number of benzene rings is 2. The van der Waals surface area contributed by atoms with Gasteiger partial charge in [-0.2, -0.15) is 0 Å². The van der Waals surface area contributed by atoms with Crippen LogP contribution in [0.1, 0.15) is 63.5 Å². The van der Waals surface area contributed by atoms with E-state index in [4.69, 9.17) is 23.2 Å². The van der Waals surface area contributed by atoms with Crippen molar-refractivity contribution in [3.63, 3.8) is 0 Å². The highest BCUT2D eigenvalue weighted by Gasteiger charge is 2.31. The lowest BCUT2D eigenvalue weighted by atomic mass is 10.0. The SMILES string of the molecule is CC(C)c1ccc(N(c2cc(Cl)c(C(C)C)c(Cl)c2)C2CC2)cc1. The highest BCUT2D eigenvalue weighted by Crippen LogP contribution is 2.42. The predicted octanol–water partition coefficient (Wildman–Crippen LogP) is 7.54. The molecule has 0 aliphatic heterocycles. The third kappa shape index (κ3) is 3.58. The van der Waals surface area contributed by atoms with Gasteiger partial charge in [0.05, 0.1) is 0 Å². The van der Waals surface area contributed by atoms with Gasteiger partial charge in [-0.25, -0.2) is 0 Å². The molecule has 0 amide bonds. The zero-order chi connectivity index (χ0) is 17.4. The van der Waals surface area contributed by atoms with Gasteiger partial charge >= 0.3 is 0 Å². The average molecular weight is 362 g/mol. The van der Waals surface area contributed by atoms with Crippen LogP contribution < -0.4 is 4.90 Å². The molecule has 1 aliphatic rings. The van der Waals surface area contributed by atoms with Crippen molar-refractivity contribution in [1.29, 1.82) is 0 Å². The molecule has 128 valence electrons. The van der Waals surface area contributed by atoms with E-state index in [-0.39, 0.29) is 0 Å². The molecule has 0 radical (unpaired) electrons. The lowest BCUT2D eigenvalue weighted by Gasteiger charge is -2.27. The molecular weight excluding hydrogens is 337 g/mol. The van der Waals surface area contributed by atoms with Crippen LogP contribution in [0.5, 0.6) is 0 Å². The summed E-state index contributed by atoms with van der Waals surface area (Å²) < 4.78 is 0. The van der Waals surface area contributed by atoms with E-state index in [9.17, 15) is 0 Å². The Bertz CT molecular complexity index is 692. The molecule has 0 atom stereocenters. The van der Waals surface area contributed by atoms with E-state index in [1.807, 2.05) is 0 Å². The van der Waals surface area contributed by atoms with Crippen LogP contribution in [0.25, 0.3) is 0 Å². The van der Waals surface area contributed by atoms with Crippen molar-refractivity contribution in [2.75, 3.05) is 4.90 Å². The fourth-order valence-electron chi connectivity index (χ4n) is 3.18. The van der Waals surface area contributed by atoms with Crippen molar-refractivity contribution < 1.29 is 0 Å². The molecule has 3 rings (SSSR count). The highest BCUT2D eigenvalue weighted by molar-refractivity contribution is 6.36. The molecule has 0 aromatic heterocycles. The van der Waals surface area contributed by atoms with Crippen molar-refractivity contribution in [3.8, 4) is 0 Å². The zero-order valence-corrected chi connectivity index (χ0v) is 16.3. The Morgan fingerprint density at radius 2 is 1.38 bits per heavy atom. The van der Waals surface area contributed by atoms with Gasteiger partial charge in [-0.3, -0.25) is 0 Å². The van der Waals surface area contributed by atoms with E-state index in [0.29, 0.717) is 17.9 Å². The summed E-state index contributed by atoms with van der Waals surface area (Å²) in [5.41, 5.74) is 4.70.